The molecule has 0 aliphatic heterocycles. The maximum Gasteiger partial charge on any atom is 0.0401 e. The predicted molar refractivity (Wildman–Crippen MR) is 93.0 cm³/mol. The van der Waals surface area contributed by atoms with Crippen molar-refractivity contribution in [2.24, 2.45) is 0 Å². The van der Waals surface area contributed by atoms with Crippen LogP contribution in [0.15, 0.2) is 51.4 Å². The van der Waals surface area contributed by atoms with E-state index in [2.05, 4.69) is 98.6 Å². The number of hydrogen-bond donors (Lipinski definition) is 1. The van der Waals surface area contributed by atoms with Crippen LogP contribution in [0.4, 0.5) is 5.69 Å². The molecule has 0 saturated heterocycles. The first-order chi connectivity index (χ1) is 9.54. The van der Waals surface area contributed by atoms with E-state index in [-0.39, 0.29) is 0 Å². The van der Waals surface area contributed by atoms with Crippen molar-refractivity contribution in [2.45, 2.75) is 13.1 Å². The summed E-state index contributed by atoms with van der Waals surface area (Å²) >= 11 is 7.02. The standard InChI is InChI=1S/C16H18Br2N2/c1-20(2)11-13-4-3-5-14(8-13)19-10-12-6-7-15(17)16(18)9-12/h3-9,19H,10-11H2,1-2H3. The molecule has 0 unspecified atom stereocenters. The lowest BCUT2D eigenvalue weighted by Crippen LogP contribution is -2.10. The molecule has 0 heterocycles. The minimum atomic E-state index is 0.817. The molecule has 0 aromatic heterocycles. The van der Waals surface area contributed by atoms with Gasteiger partial charge in [0.1, 0.15) is 0 Å². The van der Waals surface area contributed by atoms with E-state index in [1.165, 1.54) is 11.1 Å². The Bertz CT molecular complexity index is 582. The molecule has 0 bridgehead atoms. The van der Waals surface area contributed by atoms with Crippen LogP contribution < -0.4 is 5.32 Å². The van der Waals surface area contributed by atoms with Gasteiger partial charge in [0.2, 0.25) is 0 Å². The summed E-state index contributed by atoms with van der Waals surface area (Å²) in [5.74, 6) is 0. The van der Waals surface area contributed by atoms with Gasteiger partial charge in [0.15, 0.2) is 0 Å². The van der Waals surface area contributed by atoms with E-state index < -0.39 is 0 Å². The van der Waals surface area contributed by atoms with Crippen LogP contribution in [0.5, 0.6) is 0 Å². The minimum absolute atomic E-state index is 0.817. The Morgan fingerprint density at radius 2 is 1.75 bits per heavy atom. The number of anilines is 1. The van der Waals surface area contributed by atoms with Gasteiger partial charge < -0.3 is 10.2 Å². The molecule has 106 valence electrons. The van der Waals surface area contributed by atoms with E-state index in [9.17, 15) is 0 Å². The van der Waals surface area contributed by atoms with Gasteiger partial charge in [0.25, 0.3) is 0 Å². The second kappa shape index (κ2) is 7.25. The van der Waals surface area contributed by atoms with E-state index in [0.717, 1.165) is 27.7 Å². The molecule has 0 aliphatic rings. The summed E-state index contributed by atoms with van der Waals surface area (Å²) in [4.78, 5) is 2.17. The Hall–Kier alpha value is -0.840. The van der Waals surface area contributed by atoms with Crippen LogP contribution in [0.3, 0.4) is 0 Å². The van der Waals surface area contributed by atoms with Gasteiger partial charge in [-0.05, 0) is 81.3 Å². The maximum absolute atomic E-state index is 3.53. The first-order valence-corrected chi connectivity index (χ1v) is 8.04. The van der Waals surface area contributed by atoms with Gasteiger partial charge in [-0.25, -0.2) is 0 Å². The molecule has 0 saturated carbocycles. The van der Waals surface area contributed by atoms with Gasteiger partial charge >= 0.3 is 0 Å². The van der Waals surface area contributed by atoms with Crippen LogP contribution in [0.1, 0.15) is 11.1 Å². The lowest BCUT2D eigenvalue weighted by atomic mass is 10.1. The van der Waals surface area contributed by atoms with Gasteiger partial charge in [-0.2, -0.15) is 0 Å². The Morgan fingerprint density at radius 1 is 0.950 bits per heavy atom. The molecule has 0 fully saturated rings. The summed E-state index contributed by atoms with van der Waals surface area (Å²) in [7, 11) is 4.17. The van der Waals surface area contributed by atoms with Crippen LogP contribution >= 0.6 is 31.9 Å². The molecule has 2 aromatic rings. The molecule has 0 spiro atoms. The van der Waals surface area contributed by atoms with E-state index in [1.807, 2.05) is 0 Å². The number of benzene rings is 2. The maximum atomic E-state index is 3.53. The zero-order valence-corrected chi connectivity index (χ0v) is 14.8. The summed E-state index contributed by atoms with van der Waals surface area (Å²) in [5, 5.41) is 3.47. The Labute approximate surface area is 137 Å². The number of halogens is 2. The van der Waals surface area contributed by atoms with E-state index >= 15 is 0 Å². The zero-order chi connectivity index (χ0) is 14.5. The molecule has 2 nitrogen and oxygen atoms in total. The van der Waals surface area contributed by atoms with Crippen molar-refractivity contribution in [3.63, 3.8) is 0 Å². The molecule has 0 amide bonds. The average Bonchev–Trinajstić information content (AvgIpc) is 2.40. The number of nitrogens with one attached hydrogen (secondary N) is 1. The van der Waals surface area contributed by atoms with Crippen molar-refractivity contribution >= 4 is 37.5 Å². The van der Waals surface area contributed by atoms with Crippen LogP contribution in [0.2, 0.25) is 0 Å². The largest absolute Gasteiger partial charge is 0.381 e. The topological polar surface area (TPSA) is 15.3 Å². The summed E-state index contributed by atoms with van der Waals surface area (Å²) in [6, 6.07) is 14.9. The van der Waals surface area contributed by atoms with Gasteiger partial charge in [-0.1, -0.05) is 18.2 Å². The predicted octanol–water partition coefficient (Wildman–Crippen LogP) is 4.89. The molecule has 4 heteroatoms. The van der Waals surface area contributed by atoms with E-state index in [0.29, 0.717) is 0 Å². The highest BCUT2D eigenvalue weighted by atomic mass is 79.9. The van der Waals surface area contributed by atoms with Crippen molar-refractivity contribution in [1.29, 1.82) is 0 Å². The first-order valence-electron chi connectivity index (χ1n) is 6.46. The molecule has 0 aliphatic carbocycles. The van der Waals surface area contributed by atoms with Gasteiger partial charge in [0, 0.05) is 27.7 Å². The Balaban J connectivity index is 2.01. The normalized spacial score (nSPS) is 10.8. The highest BCUT2D eigenvalue weighted by Crippen LogP contribution is 2.24. The molecule has 1 N–H and O–H groups in total. The Kier molecular flexibility index (Phi) is 5.64. The van der Waals surface area contributed by atoms with Crippen LogP contribution in [-0.2, 0) is 13.1 Å². The summed E-state index contributed by atoms with van der Waals surface area (Å²) in [5.41, 5.74) is 3.72. The highest BCUT2D eigenvalue weighted by Gasteiger charge is 2.00. The second-order valence-corrected chi connectivity index (χ2v) is 6.75. The number of rotatable bonds is 5. The Morgan fingerprint density at radius 3 is 2.45 bits per heavy atom. The van der Waals surface area contributed by atoms with Gasteiger partial charge in [-0.3, -0.25) is 0 Å². The SMILES string of the molecule is CN(C)Cc1cccc(NCc2ccc(Br)c(Br)c2)c1. The monoisotopic (exact) mass is 396 g/mol. The van der Waals surface area contributed by atoms with Crippen molar-refractivity contribution in [1.82, 2.24) is 4.90 Å². The van der Waals surface area contributed by atoms with Crippen LogP contribution in [0, 0.1) is 0 Å². The molecular weight excluding hydrogens is 380 g/mol. The first kappa shape index (κ1) is 15.5. The van der Waals surface area contributed by atoms with Crippen molar-refractivity contribution in [3.8, 4) is 0 Å². The lowest BCUT2D eigenvalue weighted by molar-refractivity contribution is 0.402. The fourth-order valence-corrected chi connectivity index (χ4v) is 2.67. The molecular formula is C16H18Br2N2. The summed E-state index contributed by atoms with van der Waals surface area (Å²) in [6.07, 6.45) is 0. The fourth-order valence-electron chi connectivity index (χ4n) is 2.00. The fraction of sp³-hybridized carbons (Fsp3) is 0.250. The number of nitrogens with zero attached hydrogens (tertiary/aromatic N) is 1. The quantitative estimate of drug-likeness (QED) is 0.772. The van der Waals surface area contributed by atoms with Gasteiger partial charge in [0.05, 0.1) is 0 Å². The van der Waals surface area contributed by atoms with Crippen molar-refractivity contribution in [2.75, 3.05) is 19.4 Å². The van der Waals surface area contributed by atoms with Gasteiger partial charge in [-0.15, -0.1) is 0 Å². The molecule has 0 radical (unpaired) electrons. The third-order valence-corrected chi connectivity index (χ3v) is 4.79. The van der Waals surface area contributed by atoms with Crippen LogP contribution in [0.25, 0.3) is 0 Å². The molecule has 20 heavy (non-hydrogen) atoms. The van der Waals surface area contributed by atoms with E-state index in [4.69, 9.17) is 0 Å². The van der Waals surface area contributed by atoms with Crippen molar-refractivity contribution in [3.05, 3.63) is 62.5 Å². The summed E-state index contributed by atoms with van der Waals surface area (Å²) < 4.78 is 2.16. The van der Waals surface area contributed by atoms with Crippen LogP contribution in [-0.4, -0.2) is 19.0 Å². The zero-order valence-electron chi connectivity index (χ0n) is 11.7. The molecule has 0 atom stereocenters. The van der Waals surface area contributed by atoms with E-state index in [1.54, 1.807) is 0 Å². The highest BCUT2D eigenvalue weighted by molar-refractivity contribution is 9.13. The smallest absolute Gasteiger partial charge is 0.0401 e. The molecule has 2 aromatic carbocycles. The third kappa shape index (κ3) is 4.62. The molecule has 2 rings (SSSR count). The minimum Gasteiger partial charge on any atom is -0.381 e. The lowest BCUT2D eigenvalue weighted by Gasteiger charge is -2.12. The second-order valence-electron chi connectivity index (χ2n) is 5.04. The number of hydrogen-bond acceptors (Lipinski definition) is 2. The van der Waals surface area contributed by atoms with Crippen molar-refractivity contribution < 1.29 is 0 Å². The average molecular weight is 398 g/mol. The third-order valence-electron chi connectivity index (χ3n) is 2.91. The summed E-state index contributed by atoms with van der Waals surface area (Å²) in [6.45, 7) is 1.77.